The minimum Gasteiger partial charge on any atom is -0.438 e. The van der Waals surface area contributed by atoms with Crippen LogP contribution in [0.1, 0.15) is 17.3 Å². The second-order valence-electron chi connectivity index (χ2n) is 5.51. The summed E-state index contributed by atoms with van der Waals surface area (Å²) >= 11 is 6.77. The largest absolute Gasteiger partial charge is 0.438 e. The molecule has 7 nitrogen and oxygen atoms in total. The van der Waals surface area contributed by atoms with Crippen LogP contribution in [0, 0.1) is 0 Å². The van der Waals surface area contributed by atoms with Crippen molar-refractivity contribution in [1.82, 2.24) is 10.3 Å². The molecule has 0 atom stereocenters. The Hall–Kier alpha value is -2.62. The molecule has 0 aliphatic carbocycles. The molecule has 0 radical (unpaired) electrons. The lowest BCUT2D eigenvalue weighted by Crippen LogP contribution is -2.23. The van der Waals surface area contributed by atoms with Crippen molar-refractivity contribution in [2.24, 2.45) is 0 Å². The Kier molecular flexibility index (Phi) is 6.18. The van der Waals surface area contributed by atoms with Crippen molar-refractivity contribution in [3.05, 3.63) is 64.6 Å². The van der Waals surface area contributed by atoms with Crippen molar-refractivity contribution in [3.63, 3.8) is 0 Å². The summed E-state index contributed by atoms with van der Waals surface area (Å²) in [6, 6.07) is 12.5. The third kappa shape index (κ3) is 4.80. The van der Waals surface area contributed by atoms with Crippen LogP contribution in [-0.4, -0.2) is 25.9 Å². The highest BCUT2D eigenvalue weighted by Gasteiger charge is 2.18. The van der Waals surface area contributed by atoms with Crippen molar-refractivity contribution in [2.45, 2.75) is 11.1 Å². The summed E-state index contributed by atoms with van der Waals surface area (Å²) in [7, 11) is -3.76. The van der Waals surface area contributed by atoms with E-state index in [-0.39, 0.29) is 21.6 Å². The van der Waals surface area contributed by atoms with Crippen molar-refractivity contribution in [3.8, 4) is 11.6 Å². The van der Waals surface area contributed by atoms with Gasteiger partial charge >= 0.3 is 0 Å². The number of carbonyl (C=O) groups excluding carboxylic acids is 1. The Labute approximate surface area is 171 Å². The number of halogens is 1. The van der Waals surface area contributed by atoms with Crippen LogP contribution in [0.25, 0.3) is 0 Å². The third-order valence-electron chi connectivity index (χ3n) is 3.47. The molecule has 2 heterocycles. The van der Waals surface area contributed by atoms with Gasteiger partial charge in [0.05, 0.1) is 10.0 Å². The molecule has 0 bridgehead atoms. The summed E-state index contributed by atoms with van der Waals surface area (Å²) in [6.45, 7) is 2.28. The summed E-state index contributed by atoms with van der Waals surface area (Å²) in [5.74, 6) is 0.143. The molecule has 1 aromatic carbocycles. The number of hydrogen-bond acceptors (Lipinski definition) is 6. The molecule has 3 aromatic rings. The molecular weight excluding hydrogens is 422 g/mol. The zero-order valence-electron chi connectivity index (χ0n) is 14.7. The SMILES string of the molecule is CCNC(=O)c1cccnc1Oc1cccc(NS(=O)(=O)c2ccc(Cl)s2)c1. The van der Waals surface area contributed by atoms with E-state index >= 15 is 0 Å². The zero-order chi connectivity index (χ0) is 20.1. The lowest BCUT2D eigenvalue weighted by atomic mass is 10.2. The molecule has 146 valence electrons. The number of thiophene rings is 1. The Morgan fingerprint density at radius 2 is 2.04 bits per heavy atom. The van der Waals surface area contributed by atoms with Gasteiger partial charge in [0.25, 0.3) is 15.9 Å². The summed E-state index contributed by atoms with van der Waals surface area (Å²) in [4.78, 5) is 16.2. The highest BCUT2D eigenvalue weighted by molar-refractivity contribution is 7.94. The second kappa shape index (κ2) is 8.59. The second-order valence-corrected chi connectivity index (χ2v) is 9.13. The number of rotatable bonds is 7. The van der Waals surface area contributed by atoms with Crippen LogP contribution in [0.2, 0.25) is 4.34 Å². The van der Waals surface area contributed by atoms with E-state index in [0.717, 1.165) is 11.3 Å². The van der Waals surface area contributed by atoms with Crippen LogP contribution in [0.5, 0.6) is 11.6 Å². The van der Waals surface area contributed by atoms with E-state index in [1.165, 1.54) is 24.4 Å². The molecule has 0 spiro atoms. The quantitative estimate of drug-likeness (QED) is 0.579. The van der Waals surface area contributed by atoms with E-state index < -0.39 is 10.0 Å². The molecule has 2 N–H and O–H groups in total. The number of hydrogen-bond donors (Lipinski definition) is 2. The van der Waals surface area contributed by atoms with Crippen LogP contribution < -0.4 is 14.8 Å². The summed E-state index contributed by atoms with van der Waals surface area (Å²) in [5.41, 5.74) is 0.584. The lowest BCUT2D eigenvalue weighted by molar-refractivity contribution is 0.0953. The minimum atomic E-state index is -3.76. The van der Waals surface area contributed by atoms with Crippen LogP contribution in [0.4, 0.5) is 5.69 Å². The first-order chi connectivity index (χ1) is 13.4. The van der Waals surface area contributed by atoms with Crippen molar-refractivity contribution >= 4 is 44.6 Å². The molecule has 0 unspecified atom stereocenters. The maximum absolute atomic E-state index is 12.4. The van der Waals surface area contributed by atoms with Gasteiger partial charge in [-0.2, -0.15) is 0 Å². The number of nitrogens with one attached hydrogen (secondary N) is 2. The van der Waals surface area contributed by atoms with Gasteiger partial charge in [0.1, 0.15) is 15.5 Å². The maximum Gasteiger partial charge on any atom is 0.271 e. The van der Waals surface area contributed by atoms with E-state index in [2.05, 4.69) is 15.0 Å². The number of ether oxygens (including phenoxy) is 1. The molecule has 28 heavy (non-hydrogen) atoms. The summed E-state index contributed by atoms with van der Waals surface area (Å²) in [5, 5.41) is 2.69. The first kappa shape index (κ1) is 20.1. The van der Waals surface area contributed by atoms with Gasteiger partial charge in [-0.25, -0.2) is 13.4 Å². The maximum atomic E-state index is 12.4. The fraction of sp³-hybridized carbons (Fsp3) is 0.111. The molecule has 1 amide bonds. The molecule has 0 saturated carbocycles. The predicted molar refractivity (Wildman–Crippen MR) is 109 cm³/mol. The van der Waals surface area contributed by atoms with Crippen LogP contribution in [-0.2, 0) is 10.0 Å². The van der Waals surface area contributed by atoms with E-state index in [4.69, 9.17) is 16.3 Å². The van der Waals surface area contributed by atoms with E-state index in [1.54, 1.807) is 30.3 Å². The predicted octanol–water partition coefficient (Wildman–Crippen LogP) is 4.14. The Bertz CT molecular complexity index is 1100. The molecule has 3 rings (SSSR count). The average molecular weight is 438 g/mol. The number of anilines is 1. The Morgan fingerprint density at radius 1 is 1.21 bits per heavy atom. The monoisotopic (exact) mass is 437 g/mol. The number of sulfonamides is 1. The molecule has 0 aliphatic rings. The first-order valence-electron chi connectivity index (χ1n) is 8.18. The van der Waals surface area contributed by atoms with Crippen molar-refractivity contribution in [1.29, 1.82) is 0 Å². The number of aromatic nitrogens is 1. The van der Waals surface area contributed by atoms with Crippen molar-refractivity contribution in [2.75, 3.05) is 11.3 Å². The smallest absolute Gasteiger partial charge is 0.271 e. The molecule has 2 aromatic heterocycles. The van der Waals surface area contributed by atoms with Crippen LogP contribution in [0.15, 0.2) is 58.9 Å². The van der Waals surface area contributed by atoms with E-state index in [1.807, 2.05) is 6.92 Å². The highest BCUT2D eigenvalue weighted by atomic mass is 35.5. The fourth-order valence-electron chi connectivity index (χ4n) is 2.28. The standard InChI is InChI=1S/C18H16ClN3O4S2/c1-2-20-17(23)14-7-4-10-21-18(14)26-13-6-3-5-12(11-13)22-28(24,25)16-9-8-15(19)27-16/h3-11,22H,2H2,1H3,(H,20,23). The van der Waals surface area contributed by atoms with Gasteiger partial charge in [-0.3, -0.25) is 9.52 Å². The lowest BCUT2D eigenvalue weighted by Gasteiger charge is -2.11. The molecule has 0 aliphatic heterocycles. The van der Waals surface area contributed by atoms with Gasteiger partial charge in [-0.05, 0) is 43.3 Å². The van der Waals surface area contributed by atoms with Gasteiger partial charge in [0, 0.05) is 18.8 Å². The number of nitrogens with zero attached hydrogens (tertiary/aromatic N) is 1. The zero-order valence-corrected chi connectivity index (χ0v) is 17.1. The van der Waals surface area contributed by atoms with Crippen LogP contribution in [0.3, 0.4) is 0 Å². The minimum absolute atomic E-state index is 0.104. The normalized spacial score (nSPS) is 11.1. The van der Waals surface area contributed by atoms with Gasteiger partial charge in [-0.1, -0.05) is 17.7 Å². The number of pyridine rings is 1. The molecule has 10 heteroatoms. The van der Waals surface area contributed by atoms with Gasteiger partial charge in [-0.15, -0.1) is 11.3 Å². The number of amides is 1. The van der Waals surface area contributed by atoms with Gasteiger partial charge in [0.2, 0.25) is 5.88 Å². The van der Waals surface area contributed by atoms with Crippen LogP contribution >= 0.6 is 22.9 Å². The number of benzene rings is 1. The van der Waals surface area contributed by atoms with E-state index in [0.29, 0.717) is 22.3 Å². The molecule has 0 saturated heterocycles. The topological polar surface area (TPSA) is 97.4 Å². The summed E-state index contributed by atoms with van der Waals surface area (Å²) < 4.78 is 33.5. The highest BCUT2D eigenvalue weighted by Crippen LogP contribution is 2.29. The van der Waals surface area contributed by atoms with Crippen molar-refractivity contribution < 1.29 is 17.9 Å². The first-order valence-corrected chi connectivity index (χ1v) is 10.9. The van der Waals surface area contributed by atoms with Gasteiger partial charge < -0.3 is 10.1 Å². The van der Waals surface area contributed by atoms with E-state index in [9.17, 15) is 13.2 Å². The molecule has 0 fully saturated rings. The Morgan fingerprint density at radius 3 is 2.75 bits per heavy atom. The summed E-state index contributed by atoms with van der Waals surface area (Å²) in [6.07, 6.45) is 1.51. The number of carbonyl (C=O) groups is 1. The van der Waals surface area contributed by atoms with Gasteiger partial charge in [0.15, 0.2) is 0 Å². The molecular formula is C18H16ClN3O4S2. The third-order valence-corrected chi connectivity index (χ3v) is 6.57. The average Bonchev–Trinajstić information content (AvgIpc) is 3.10. The Balaban J connectivity index is 1.82. The fourth-order valence-corrected chi connectivity index (χ4v) is 4.82.